The van der Waals surface area contributed by atoms with Crippen molar-refractivity contribution in [3.05, 3.63) is 34.9 Å². The van der Waals surface area contributed by atoms with Crippen LogP contribution in [0.2, 0.25) is 5.02 Å². The van der Waals surface area contributed by atoms with E-state index >= 15 is 0 Å². The molecule has 0 heterocycles. The first kappa shape index (κ1) is 15.5. The van der Waals surface area contributed by atoms with Crippen LogP contribution in [0.25, 0.3) is 0 Å². The maximum atomic E-state index is 11.7. The van der Waals surface area contributed by atoms with Crippen LogP contribution in [-0.2, 0) is 9.53 Å². The molecule has 1 rings (SSSR count). The van der Waals surface area contributed by atoms with Crippen molar-refractivity contribution in [1.29, 1.82) is 0 Å². The Balaban J connectivity index is 2.62. The smallest absolute Gasteiger partial charge is 0.413 e. The molecule has 1 aromatic rings. The van der Waals surface area contributed by atoms with Gasteiger partial charge in [0.05, 0.1) is 13.2 Å². The van der Waals surface area contributed by atoms with Crippen molar-refractivity contribution in [2.75, 3.05) is 7.11 Å². The molecule has 0 fully saturated rings. The summed E-state index contributed by atoms with van der Waals surface area (Å²) in [6.07, 6.45) is -0.774. The zero-order valence-electron chi connectivity index (χ0n) is 11.1. The van der Waals surface area contributed by atoms with Gasteiger partial charge in [0, 0.05) is 11.1 Å². The fraction of sp³-hybridized carbons (Fsp3) is 0.385. The molecule has 0 aromatic heterocycles. The minimum Gasteiger partial charge on any atom is -0.453 e. The quantitative estimate of drug-likeness (QED) is 0.890. The molecule has 2 N–H and O–H groups in total. The van der Waals surface area contributed by atoms with E-state index in [0.717, 1.165) is 5.56 Å². The highest BCUT2D eigenvalue weighted by molar-refractivity contribution is 6.31. The Kier molecular flexibility index (Phi) is 5.79. The van der Waals surface area contributed by atoms with Crippen molar-refractivity contribution in [3.8, 4) is 0 Å². The minimum atomic E-state index is -0.774. The first-order chi connectivity index (χ1) is 8.95. The second kappa shape index (κ2) is 7.11. The Labute approximate surface area is 117 Å². The third kappa shape index (κ3) is 4.54. The van der Waals surface area contributed by atoms with E-state index in [0.29, 0.717) is 5.02 Å². The summed E-state index contributed by atoms with van der Waals surface area (Å²) >= 11 is 6.07. The first-order valence-electron chi connectivity index (χ1n) is 5.85. The Morgan fingerprint density at radius 3 is 2.47 bits per heavy atom. The summed E-state index contributed by atoms with van der Waals surface area (Å²) in [5.74, 6) is -0.453. The summed E-state index contributed by atoms with van der Waals surface area (Å²) in [5, 5.41) is 5.79. The van der Waals surface area contributed by atoms with E-state index in [1.165, 1.54) is 7.11 Å². The predicted octanol–water partition coefficient (Wildman–Crippen LogP) is 2.26. The molecule has 104 valence electrons. The fourth-order valence-electron chi connectivity index (χ4n) is 1.63. The summed E-state index contributed by atoms with van der Waals surface area (Å²) in [4.78, 5) is 22.6. The van der Waals surface area contributed by atoms with Crippen molar-refractivity contribution in [1.82, 2.24) is 10.6 Å². The fourth-order valence-corrected chi connectivity index (χ4v) is 1.93. The lowest BCUT2D eigenvalue weighted by atomic mass is 10.1. The van der Waals surface area contributed by atoms with E-state index in [1.807, 2.05) is 25.1 Å². The second-order valence-electron chi connectivity index (χ2n) is 4.11. The standard InChI is InChI=1S/C13H17ClN2O3/c1-8(10-6-4-5-7-11(10)14)15-9(2)12(17)16-13(18)19-3/h4-9,15H,1-3H3,(H,16,17,18)/t8-,9+/m1/s1. The SMILES string of the molecule is COC(=O)NC(=O)[C@H](C)N[C@H](C)c1ccccc1Cl. The largest absolute Gasteiger partial charge is 0.453 e. The molecule has 0 bridgehead atoms. The number of rotatable bonds is 4. The van der Waals surface area contributed by atoms with Gasteiger partial charge in [0.15, 0.2) is 0 Å². The minimum absolute atomic E-state index is 0.118. The van der Waals surface area contributed by atoms with Gasteiger partial charge in [-0.2, -0.15) is 0 Å². The van der Waals surface area contributed by atoms with E-state index in [9.17, 15) is 9.59 Å². The van der Waals surface area contributed by atoms with Gasteiger partial charge in [-0.25, -0.2) is 4.79 Å². The lowest BCUT2D eigenvalue weighted by Gasteiger charge is -2.20. The van der Waals surface area contributed by atoms with E-state index in [-0.39, 0.29) is 6.04 Å². The van der Waals surface area contributed by atoms with Crippen molar-refractivity contribution in [3.63, 3.8) is 0 Å². The molecule has 6 heteroatoms. The Morgan fingerprint density at radius 2 is 1.89 bits per heavy atom. The molecule has 0 aliphatic rings. The molecule has 1 aromatic carbocycles. The summed E-state index contributed by atoms with van der Waals surface area (Å²) in [5.41, 5.74) is 0.891. The first-order valence-corrected chi connectivity index (χ1v) is 6.22. The number of alkyl carbamates (subject to hydrolysis) is 1. The molecule has 0 spiro atoms. The summed E-state index contributed by atoms with van der Waals surface area (Å²) < 4.78 is 4.36. The average Bonchev–Trinajstić information content (AvgIpc) is 2.38. The van der Waals surface area contributed by atoms with Crippen LogP contribution in [0.15, 0.2) is 24.3 Å². The molecule has 19 heavy (non-hydrogen) atoms. The molecule has 0 saturated carbocycles. The van der Waals surface area contributed by atoms with Crippen molar-refractivity contribution in [2.24, 2.45) is 0 Å². The number of hydrogen-bond donors (Lipinski definition) is 2. The molecule has 5 nitrogen and oxygen atoms in total. The molecular weight excluding hydrogens is 268 g/mol. The van der Waals surface area contributed by atoms with Crippen LogP contribution >= 0.6 is 11.6 Å². The van der Waals surface area contributed by atoms with Crippen molar-refractivity contribution in [2.45, 2.75) is 25.9 Å². The van der Waals surface area contributed by atoms with Crippen LogP contribution in [0.5, 0.6) is 0 Å². The highest BCUT2D eigenvalue weighted by atomic mass is 35.5. The molecule has 0 unspecified atom stereocenters. The highest BCUT2D eigenvalue weighted by Gasteiger charge is 2.19. The highest BCUT2D eigenvalue weighted by Crippen LogP contribution is 2.22. The van der Waals surface area contributed by atoms with Crippen LogP contribution in [-0.4, -0.2) is 25.2 Å². The van der Waals surface area contributed by atoms with Gasteiger partial charge in [-0.3, -0.25) is 15.4 Å². The van der Waals surface area contributed by atoms with Gasteiger partial charge in [-0.05, 0) is 25.5 Å². The number of halogens is 1. The summed E-state index contributed by atoms with van der Waals surface area (Å²) in [6.45, 7) is 3.55. The van der Waals surface area contributed by atoms with Crippen LogP contribution in [0, 0.1) is 0 Å². The molecule has 0 aliphatic carbocycles. The van der Waals surface area contributed by atoms with Gasteiger partial charge in [0.2, 0.25) is 5.91 Å². The van der Waals surface area contributed by atoms with Crippen LogP contribution in [0.1, 0.15) is 25.5 Å². The Hall–Kier alpha value is -1.59. The molecule has 2 atom stereocenters. The summed E-state index contributed by atoms with van der Waals surface area (Å²) in [7, 11) is 1.20. The molecule has 2 amide bonds. The normalized spacial score (nSPS) is 13.5. The second-order valence-corrected chi connectivity index (χ2v) is 4.52. The Morgan fingerprint density at radius 1 is 1.26 bits per heavy atom. The van der Waals surface area contributed by atoms with E-state index in [2.05, 4.69) is 15.4 Å². The topological polar surface area (TPSA) is 67.4 Å². The van der Waals surface area contributed by atoms with Crippen molar-refractivity contribution < 1.29 is 14.3 Å². The average molecular weight is 285 g/mol. The van der Waals surface area contributed by atoms with Crippen LogP contribution in [0.4, 0.5) is 4.79 Å². The number of amides is 2. The lowest BCUT2D eigenvalue weighted by Crippen LogP contribution is -2.45. The van der Waals surface area contributed by atoms with Gasteiger partial charge in [-0.15, -0.1) is 0 Å². The number of imide groups is 1. The zero-order valence-corrected chi connectivity index (χ0v) is 11.8. The van der Waals surface area contributed by atoms with Crippen LogP contribution in [0.3, 0.4) is 0 Å². The molecule has 0 radical (unpaired) electrons. The number of nitrogens with one attached hydrogen (secondary N) is 2. The van der Waals surface area contributed by atoms with Crippen LogP contribution < -0.4 is 10.6 Å². The number of benzene rings is 1. The number of methoxy groups -OCH3 is 1. The van der Waals surface area contributed by atoms with Gasteiger partial charge >= 0.3 is 6.09 Å². The van der Waals surface area contributed by atoms with E-state index < -0.39 is 18.0 Å². The lowest BCUT2D eigenvalue weighted by molar-refractivity contribution is -0.122. The molecule has 0 saturated heterocycles. The zero-order chi connectivity index (χ0) is 14.4. The number of hydrogen-bond acceptors (Lipinski definition) is 4. The van der Waals surface area contributed by atoms with Crippen molar-refractivity contribution >= 4 is 23.6 Å². The number of ether oxygens (including phenoxy) is 1. The van der Waals surface area contributed by atoms with Gasteiger partial charge < -0.3 is 4.74 Å². The predicted molar refractivity (Wildman–Crippen MR) is 73.0 cm³/mol. The maximum Gasteiger partial charge on any atom is 0.413 e. The van der Waals surface area contributed by atoms with Gasteiger partial charge in [0.25, 0.3) is 0 Å². The molecular formula is C13H17ClN2O3. The van der Waals surface area contributed by atoms with Gasteiger partial charge in [0.1, 0.15) is 0 Å². The maximum absolute atomic E-state index is 11.7. The van der Waals surface area contributed by atoms with E-state index in [1.54, 1.807) is 13.0 Å². The third-order valence-electron chi connectivity index (χ3n) is 2.68. The number of carbonyl (C=O) groups is 2. The van der Waals surface area contributed by atoms with E-state index in [4.69, 9.17) is 11.6 Å². The monoisotopic (exact) mass is 284 g/mol. The Bertz CT molecular complexity index is 465. The molecule has 0 aliphatic heterocycles. The third-order valence-corrected chi connectivity index (χ3v) is 3.02. The van der Waals surface area contributed by atoms with Gasteiger partial charge in [-0.1, -0.05) is 29.8 Å². The number of carbonyl (C=O) groups excluding carboxylic acids is 2. The summed E-state index contributed by atoms with van der Waals surface area (Å²) in [6, 6.07) is 6.71.